The van der Waals surface area contributed by atoms with Gasteiger partial charge in [0.15, 0.2) is 11.6 Å². The highest BCUT2D eigenvalue weighted by atomic mass is 32.2. The van der Waals surface area contributed by atoms with Gasteiger partial charge in [0.05, 0.1) is 21.2 Å². The van der Waals surface area contributed by atoms with Crippen molar-refractivity contribution < 1.29 is 45.6 Å². The Bertz CT molecular complexity index is 2570. The van der Waals surface area contributed by atoms with Crippen LogP contribution >= 0.6 is 0 Å². The van der Waals surface area contributed by atoms with Crippen LogP contribution in [-0.2, 0) is 48.6 Å². The molecule has 0 aliphatic rings. The summed E-state index contributed by atoms with van der Waals surface area (Å²) in [6.07, 6.45) is 12.9. The molecule has 0 aliphatic carbocycles. The monoisotopic (exact) mass is 993 g/mol. The zero-order chi connectivity index (χ0) is 52.2. The molecule has 4 atom stereocenters. The van der Waals surface area contributed by atoms with Crippen molar-refractivity contribution >= 4 is 66.4 Å². The molecule has 0 aromatic heterocycles. The van der Waals surface area contributed by atoms with Crippen LogP contribution in [0.5, 0.6) is 0 Å². The van der Waals surface area contributed by atoms with E-state index in [2.05, 4.69) is 32.1 Å². The van der Waals surface area contributed by atoms with Gasteiger partial charge in [-0.3, -0.25) is 38.6 Å². The number of hydrogen-bond donors (Lipinski definition) is 1. The van der Waals surface area contributed by atoms with Crippen LogP contribution in [0.3, 0.4) is 0 Å². The molecule has 2 aromatic rings. The average Bonchev–Trinajstić information content (AvgIpc) is 3.32. The fourth-order valence-electron chi connectivity index (χ4n) is 6.93. The number of carbonyl (C=O) groups excluding carboxylic acids is 6. The summed E-state index contributed by atoms with van der Waals surface area (Å²) in [5, 5.41) is 16.2. The normalized spacial score (nSPS) is 14.5. The summed E-state index contributed by atoms with van der Waals surface area (Å²) in [4.78, 5) is 77.9. The van der Waals surface area contributed by atoms with E-state index in [1.165, 1.54) is 70.4 Å². The first-order valence-corrected chi connectivity index (χ1v) is 26.4. The van der Waals surface area contributed by atoms with Crippen molar-refractivity contribution in [3.8, 4) is 11.1 Å². The van der Waals surface area contributed by atoms with Gasteiger partial charge in [-0.1, -0.05) is 103 Å². The standard InChI is InChI=1S/C50H71N7O10S2/c1-13-19-22-37(17-5)25-24-34(8)68(64,65)44-30-39(53-55-47(43(60)21-15-3)50(63)56(11)36(10)59)26-28-41(44)42-29-27-40(31-45(42)69(66,67)51-32-38(18-6)23-20-14-2)52-54-46(35(9)58)49(62)57(12)48(61)33(7)16-4/h15-16,21,24,26-31,37-38,46-47,51H,13-14,17-20,22-23,25,32H2,1-12H3/b21-15+,33-16-,34-24-,54-52?,55-53?. The smallest absolute Gasteiger partial charge is 0.263 e. The Morgan fingerprint density at radius 2 is 1.20 bits per heavy atom. The first-order valence-electron chi connectivity index (χ1n) is 23.4. The fourth-order valence-corrected chi connectivity index (χ4v) is 9.69. The summed E-state index contributed by atoms with van der Waals surface area (Å²) in [5.41, 5.74) is -0.112. The summed E-state index contributed by atoms with van der Waals surface area (Å²) >= 11 is 0. The lowest BCUT2D eigenvalue weighted by molar-refractivity contribution is -0.145. The largest absolute Gasteiger partial charge is 0.297 e. The average molecular weight is 994 g/mol. The zero-order valence-electron chi connectivity index (χ0n) is 42.2. The summed E-state index contributed by atoms with van der Waals surface area (Å²) in [6.45, 7) is 16.5. The van der Waals surface area contributed by atoms with Crippen molar-refractivity contribution in [2.45, 2.75) is 149 Å². The summed E-state index contributed by atoms with van der Waals surface area (Å²) in [6, 6.07) is 4.15. The minimum absolute atomic E-state index is 0.0186. The molecule has 4 amide bonds. The second kappa shape index (κ2) is 28.1. The van der Waals surface area contributed by atoms with Gasteiger partial charge in [-0.2, -0.15) is 20.5 Å². The van der Waals surface area contributed by atoms with E-state index in [1.807, 2.05) is 20.8 Å². The lowest BCUT2D eigenvalue weighted by Crippen LogP contribution is -2.42. The number of sulfone groups is 1. The number of rotatable bonds is 27. The Balaban J connectivity index is 3.09. The molecule has 0 aliphatic heterocycles. The molecule has 2 rings (SSSR count). The van der Waals surface area contributed by atoms with E-state index in [-0.39, 0.29) is 56.3 Å². The first-order chi connectivity index (χ1) is 32.5. The van der Waals surface area contributed by atoms with Crippen LogP contribution in [0.15, 0.2) is 101 Å². The number of benzene rings is 2. The maximum absolute atomic E-state index is 14.9. The molecule has 378 valence electrons. The van der Waals surface area contributed by atoms with Crippen LogP contribution in [-0.4, -0.2) is 94.6 Å². The van der Waals surface area contributed by atoms with Crippen molar-refractivity contribution in [2.75, 3.05) is 20.6 Å². The Hall–Kier alpha value is -5.66. The van der Waals surface area contributed by atoms with Crippen LogP contribution in [0.25, 0.3) is 11.1 Å². The van der Waals surface area contributed by atoms with Crippen molar-refractivity contribution in [1.82, 2.24) is 14.5 Å². The maximum Gasteiger partial charge on any atom is 0.263 e. The number of Topliss-reactive ketones (excluding diaryl/α,β-unsaturated/α-hetero) is 1. The molecular formula is C50H71N7O10S2. The van der Waals surface area contributed by atoms with E-state index >= 15 is 0 Å². The number of unbranched alkanes of at least 4 members (excludes halogenated alkanes) is 2. The van der Waals surface area contributed by atoms with E-state index in [4.69, 9.17) is 0 Å². The molecule has 4 unspecified atom stereocenters. The van der Waals surface area contributed by atoms with Crippen molar-refractivity contribution in [1.29, 1.82) is 0 Å². The van der Waals surface area contributed by atoms with Gasteiger partial charge in [0.2, 0.25) is 37.9 Å². The molecule has 2 aromatic carbocycles. The SMILES string of the molecule is C/C=C(/C)C(=O)N(C)C(=O)C(N=Nc1ccc(-c2ccc(N=NC(C(=O)/C=C/C)C(=O)N(C)C(C)=O)cc2S(=O)(=O)/C(C)=C\CC(CC)CCCC)c(S(=O)(=O)NCC(CC)CCCC)c1)C(C)=O. The van der Waals surface area contributed by atoms with Gasteiger partial charge in [0.1, 0.15) is 0 Å². The van der Waals surface area contributed by atoms with Crippen LogP contribution < -0.4 is 4.72 Å². The molecule has 69 heavy (non-hydrogen) atoms. The number of azo groups is 2. The molecule has 0 saturated carbocycles. The second-order valence-corrected chi connectivity index (χ2v) is 20.8. The number of hydrogen-bond acceptors (Lipinski definition) is 14. The summed E-state index contributed by atoms with van der Waals surface area (Å²) in [7, 11) is -6.56. The molecule has 1 N–H and O–H groups in total. The highest BCUT2D eigenvalue weighted by Gasteiger charge is 2.33. The predicted octanol–water partition coefficient (Wildman–Crippen LogP) is 9.73. The lowest BCUT2D eigenvalue weighted by atomic mass is 9.96. The van der Waals surface area contributed by atoms with Gasteiger partial charge in [0, 0.05) is 49.2 Å². The Kier molecular flexibility index (Phi) is 24.2. The van der Waals surface area contributed by atoms with Crippen LogP contribution in [0.1, 0.15) is 127 Å². The van der Waals surface area contributed by atoms with Crippen LogP contribution in [0, 0.1) is 11.8 Å². The highest BCUT2D eigenvalue weighted by Crippen LogP contribution is 2.39. The molecule has 0 saturated heterocycles. The fraction of sp³-hybridized carbons (Fsp3) is 0.520. The zero-order valence-corrected chi connectivity index (χ0v) is 43.9. The number of imide groups is 2. The van der Waals surface area contributed by atoms with Gasteiger partial charge >= 0.3 is 0 Å². The highest BCUT2D eigenvalue weighted by molar-refractivity contribution is 7.95. The van der Waals surface area contributed by atoms with Gasteiger partial charge < -0.3 is 0 Å². The van der Waals surface area contributed by atoms with Crippen molar-refractivity contribution in [2.24, 2.45) is 32.3 Å². The minimum atomic E-state index is -4.50. The number of nitrogens with one attached hydrogen (secondary N) is 1. The third kappa shape index (κ3) is 16.8. The van der Waals surface area contributed by atoms with Gasteiger partial charge in [-0.25, -0.2) is 21.6 Å². The Labute approximate surface area is 409 Å². The Morgan fingerprint density at radius 3 is 1.70 bits per heavy atom. The molecule has 0 fully saturated rings. The van der Waals surface area contributed by atoms with Crippen LogP contribution in [0.4, 0.5) is 11.4 Å². The van der Waals surface area contributed by atoms with Crippen molar-refractivity contribution in [3.05, 3.63) is 71.2 Å². The number of carbonyl (C=O) groups is 6. The minimum Gasteiger partial charge on any atom is -0.297 e. The first kappa shape index (κ1) is 59.5. The quantitative estimate of drug-likeness (QED) is 0.0505. The molecule has 0 heterocycles. The van der Waals surface area contributed by atoms with E-state index in [9.17, 15) is 45.6 Å². The number of allylic oxidation sites excluding steroid dienone is 4. The third-order valence-corrected chi connectivity index (χ3v) is 15.2. The van der Waals surface area contributed by atoms with Crippen molar-refractivity contribution in [3.63, 3.8) is 0 Å². The second-order valence-electron chi connectivity index (χ2n) is 16.9. The lowest BCUT2D eigenvalue weighted by Gasteiger charge is -2.19. The number of sulfonamides is 1. The molecule has 0 bridgehead atoms. The van der Waals surface area contributed by atoms with E-state index in [1.54, 1.807) is 19.9 Å². The number of nitrogens with zero attached hydrogens (tertiary/aromatic N) is 6. The maximum atomic E-state index is 14.9. The van der Waals surface area contributed by atoms with E-state index in [0.717, 1.165) is 80.7 Å². The topological polar surface area (TPSA) is 239 Å². The van der Waals surface area contributed by atoms with Gasteiger partial charge in [-0.15, -0.1) is 0 Å². The third-order valence-electron chi connectivity index (χ3n) is 11.8. The number of amides is 4. The van der Waals surface area contributed by atoms with E-state index in [0.29, 0.717) is 12.8 Å². The van der Waals surface area contributed by atoms with Gasteiger partial charge in [-0.05, 0) is 89.6 Å². The summed E-state index contributed by atoms with van der Waals surface area (Å²) < 4.78 is 61.5. The molecular weight excluding hydrogens is 923 g/mol. The number of ketones is 2. The van der Waals surface area contributed by atoms with E-state index < -0.39 is 72.0 Å². The molecule has 19 heteroatoms. The predicted molar refractivity (Wildman–Crippen MR) is 267 cm³/mol. The summed E-state index contributed by atoms with van der Waals surface area (Å²) in [5.74, 6) is -4.56. The molecule has 0 spiro atoms. The van der Waals surface area contributed by atoms with Gasteiger partial charge in [0.25, 0.3) is 17.7 Å². The van der Waals surface area contributed by atoms with Crippen LogP contribution in [0.2, 0.25) is 0 Å². The molecule has 0 radical (unpaired) electrons. The molecule has 17 nitrogen and oxygen atoms in total. The Morgan fingerprint density at radius 1 is 0.696 bits per heavy atom. The number of likely N-dealkylation sites (N-methyl/N-ethyl adjacent to an activating group) is 2.